The Hall–Kier alpha value is -3.07. The van der Waals surface area contributed by atoms with E-state index in [0.717, 1.165) is 56.9 Å². The number of fused-ring (bicyclic) bond motifs is 3. The van der Waals surface area contributed by atoms with Crippen LogP contribution in [0.5, 0.6) is 0 Å². The predicted octanol–water partition coefficient (Wildman–Crippen LogP) is 4.62. The first-order chi connectivity index (χ1) is 16.3. The molecule has 174 valence electrons. The molecule has 0 amide bonds. The number of nitrogens with zero attached hydrogens (tertiary/aromatic N) is 5. The molecule has 2 fully saturated rings. The minimum atomic E-state index is -0.891. The Bertz CT molecular complexity index is 1360. The summed E-state index contributed by atoms with van der Waals surface area (Å²) in [4.78, 5) is 19.2. The van der Waals surface area contributed by atoms with Crippen molar-refractivity contribution in [3.8, 4) is 10.6 Å². The number of nitrogens with one attached hydrogen (secondary N) is 1. The van der Waals surface area contributed by atoms with Crippen LogP contribution in [0, 0.1) is 0 Å². The van der Waals surface area contributed by atoms with Crippen LogP contribution in [0.25, 0.3) is 20.8 Å². The van der Waals surface area contributed by atoms with Gasteiger partial charge in [-0.25, -0.2) is 15.0 Å². The summed E-state index contributed by atoms with van der Waals surface area (Å²) in [6.45, 7) is 5.73. The summed E-state index contributed by atoms with van der Waals surface area (Å²) in [5.74, 6) is 2.53. The lowest BCUT2D eigenvalue weighted by Gasteiger charge is -2.32. The molecule has 6 rings (SSSR count). The molecule has 2 bridgehead atoms. The molecule has 5 heterocycles. The van der Waals surface area contributed by atoms with Gasteiger partial charge in [-0.2, -0.15) is 0 Å². The Kier molecular flexibility index (Phi) is 5.05. The van der Waals surface area contributed by atoms with Crippen LogP contribution in [0.1, 0.15) is 25.8 Å². The molecule has 0 unspecified atom stereocenters. The number of hydrogen-bond donors (Lipinski definition) is 2. The Balaban J connectivity index is 1.24. The molecule has 2 N–H and O–H groups in total. The number of pyridine rings is 2. The smallest absolute Gasteiger partial charge is 0.133 e. The van der Waals surface area contributed by atoms with Crippen molar-refractivity contribution in [3.05, 3.63) is 60.3 Å². The van der Waals surface area contributed by atoms with Crippen molar-refractivity contribution < 1.29 is 5.11 Å². The van der Waals surface area contributed by atoms with Gasteiger partial charge in [-0.3, -0.25) is 4.90 Å². The minimum absolute atomic E-state index is 0.551. The summed E-state index contributed by atoms with van der Waals surface area (Å²) < 4.78 is 1.02. The predicted molar refractivity (Wildman–Crippen MR) is 138 cm³/mol. The van der Waals surface area contributed by atoms with E-state index in [1.807, 2.05) is 42.6 Å². The number of hydrogen-bond acceptors (Lipinski definition) is 8. The highest BCUT2D eigenvalue weighted by atomic mass is 32.1. The number of thiazole rings is 1. The summed E-state index contributed by atoms with van der Waals surface area (Å²) in [7, 11) is 2.21. The summed E-state index contributed by atoms with van der Waals surface area (Å²) in [5, 5.41) is 14.6. The first-order valence-corrected chi connectivity index (χ1v) is 12.5. The van der Waals surface area contributed by atoms with E-state index in [2.05, 4.69) is 39.3 Å². The largest absolute Gasteiger partial charge is 0.386 e. The third kappa shape index (κ3) is 3.91. The van der Waals surface area contributed by atoms with Crippen LogP contribution in [0.4, 0.5) is 17.5 Å². The molecule has 2 atom stereocenters. The van der Waals surface area contributed by atoms with Gasteiger partial charge in [0.25, 0.3) is 0 Å². The van der Waals surface area contributed by atoms with Crippen molar-refractivity contribution in [3.63, 3.8) is 0 Å². The number of piperazine rings is 1. The van der Waals surface area contributed by atoms with Gasteiger partial charge in [-0.1, -0.05) is 24.3 Å². The fourth-order valence-corrected chi connectivity index (χ4v) is 5.90. The van der Waals surface area contributed by atoms with Crippen LogP contribution in [-0.2, 0) is 5.60 Å². The number of likely N-dealkylation sites (N-methyl/N-ethyl adjacent to an activating group) is 1. The molecule has 0 spiro atoms. The van der Waals surface area contributed by atoms with E-state index in [4.69, 9.17) is 9.97 Å². The highest BCUT2D eigenvalue weighted by Crippen LogP contribution is 2.35. The molecular formula is C26H28N6OS. The van der Waals surface area contributed by atoms with Crippen LogP contribution in [0.15, 0.2) is 54.7 Å². The van der Waals surface area contributed by atoms with Crippen molar-refractivity contribution in [2.75, 3.05) is 30.4 Å². The van der Waals surface area contributed by atoms with Gasteiger partial charge in [0.1, 0.15) is 22.5 Å². The van der Waals surface area contributed by atoms with Gasteiger partial charge in [0.05, 0.1) is 15.8 Å². The van der Waals surface area contributed by atoms with E-state index in [1.54, 1.807) is 25.2 Å². The maximum Gasteiger partial charge on any atom is 0.133 e. The third-order valence-electron chi connectivity index (χ3n) is 6.89. The van der Waals surface area contributed by atoms with Crippen molar-refractivity contribution in [2.24, 2.45) is 0 Å². The third-order valence-corrected chi connectivity index (χ3v) is 7.95. The zero-order valence-electron chi connectivity index (χ0n) is 19.6. The van der Waals surface area contributed by atoms with E-state index >= 15 is 0 Å². The van der Waals surface area contributed by atoms with Crippen molar-refractivity contribution in [1.29, 1.82) is 0 Å². The highest BCUT2D eigenvalue weighted by molar-refractivity contribution is 7.21. The maximum absolute atomic E-state index is 10.4. The molecule has 34 heavy (non-hydrogen) atoms. The summed E-state index contributed by atoms with van der Waals surface area (Å²) >= 11 is 1.60. The lowest BCUT2D eigenvalue weighted by Crippen LogP contribution is -2.44. The van der Waals surface area contributed by atoms with Crippen molar-refractivity contribution >= 4 is 39.0 Å². The molecule has 2 saturated heterocycles. The number of aromatic nitrogens is 3. The Morgan fingerprint density at radius 1 is 1.03 bits per heavy atom. The number of aliphatic hydroxyl groups is 1. The molecule has 2 aliphatic heterocycles. The molecule has 8 heteroatoms. The molecule has 2 aliphatic rings. The van der Waals surface area contributed by atoms with Crippen LogP contribution < -0.4 is 10.2 Å². The maximum atomic E-state index is 10.4. The summed E-state index contributed by atoms with van der Waals surface area (Å²) in [6, 6.07) is 17.2. The van der Waals surface area contributed by atoms with Crippen molar-refractivity contribution in [1.82, 2.24) is 19.9 Å². The van der Waals surface area contributed by atoms with Crippen LogP contribution in [0.2, 0.25) is 0 Å². The van der Waals surface area contributed by atoms with E-state index in [-0.39, 0.29) is 0 Å². The second kappa shape index (κ2) is 8.01. The van der Waals surface area contributed by atoms with Gasteiger partial charge in [0, 0.05) is 43.0 Å². The molecule has 4 aromatic rings. The Labute approximate surface area is 203 Å². The molecule has 1 aromatic carbocycles. The molecule has 0 saturated carbocycles. The Morgan fingerprint density at radius 3 is 2.65 bits per heavy atom. The van der Waals surface area contributed by atoms with E-state index in [0.29, 0.717) is 12.1 Å². The van der Waals surface area contributed by atoms with Crippen LogP contribution in [0.3, 0.4) is 0 Å². The zero-order valence-corrected chi connectivity index (χ0v) is 20.4. The number of benzene rings is 1. The normalized spacial score (nSPS) is 20.4. The Morgan fingerprint density at radius 2 is 1.88 bits per heavy atom. The van der Waals surface area contributed by atoms with Crippen molar-refractivity contribution in [2.45, 2.75) is 38.0 Å². The standard InChI is InChI=1S/C26H28N6OS/c1-26(2,33)17-7-4-6-16(10-17)25-28-20-12-23(27-13-21(20)34-25)29-22-8-5-9-24(30-22)32-15-18-11-19(32)14-31(18)3/h4-10,12-13,18-19,33H,11,14-15H2,1-3H3,(H,27,29,30)/t18-,19-/m0/s1. The molecule has 0 aliphatic carbocycles. The van der Waals surface area contributed by atoms with Crippen LogP contribution >= 0.6 is 11.3 Å². The lowest BCUT2D eigenvalue weighted by molar-refractivity contribution is 0.0786. The fourth-order valence-electron chi connectivity index (χ4n) is 4.99. The van der Waals surface area contributed by atoms with E-state index in [9.17, 15) is 5.11 Å². The average Bonchev–Trinajstić information content (AvgIpc) is 3.52. The lowest BCUT2D eigenvalue weighted by atomic mass is 9.97. The molecule has 7 nitrogen and oxygen atoms in total. The second-order valence-electron chi connectivity index (χ2n) is 9.84. The van der Waals surface area contributed by atoms with E-state index < -0.39 is 5.60 Å². The number of anilines is 3. The SMILES string of the molecule is CN1C[C@@H]2C[C@H]1CN2c1cccc(Nc2cc3nc(-c4cccc(C(C)(C)O)c4)sc3cn2)n1. The second-order valence-corrected chi connectivity index (χ2v) is 10.9. The molecule has 3 aromatic heterocycles. The first-order valence-electron chi connectivity index (χ1n) is 11.6. The molecular weight excluding hydrogens is 444 g/mol. The van der Waals surface area contributed by atoms with Gasteiger partial charge in [-0.05, 0) is 51.1 Å². The average molecular weight is 473 g/mol. The number of likely N-dealkylation sites (tertiary alicyclic amines) is 1. The summed E-state index contributed by atoms with van der Waals surface area (Å²) in [5.41, 5.74) is 1.86. The fraction of sp³-hybridized carbons (Fsp3) is 0.346. The van der Waals surface area contributed by atoms with Gasteiger partial charge in [-0.15, -0.1) is 11.3 Å². The zero-order chi connectivity index (χ0) is 23.4. The first kappa shape index (κ1) is 21.5. The summed E-state index contributed by atoms with van der Waals surface area (Å²) in [6.07, 6.45) is 3.08. The minimum Gasteiger partial charge on any atom is -0.386 e. The monoisotopic (exact) mass is 472 g/mol. The van der Waals surface area contributed by atoms with Gasteiger partial charge < -0.3 is 15.3 Å². The number of rotatable bonds is 5. The van der Waals surface area contributed by atoms with Gasteiger partial charge in [0.2, 0.25) is 0 Å². The van der Waals surface area contributed by atoms with Gasteiger partial charge in [0.15, 0.2) is 0 Å². The topological polar surface area (TPSA) is 77.4 Å². The molecule has 0 radical (unpaired) electrons. The van der Waals surface area contributed by atoms with Crippen LogP contribution in [-0.4, -0.2) is 57.2 Å². The highest BCUT2D eigenvalue weighted by Gasteiger charge is 2.41. The van der Waals surface area contributed by atoms with E-state index in [1.165, 1.54) is 6.42 Å². The quantitative estimate of drug-likeness (QED) is 0.439. The van der Waals surface area contributed by atoms with Gasteiger partial charge >= 0.3 is 0 Å².